The normalized spacial score (nSPS) is 52.9. The first-order chi connectivity index (χ1) is 7.72. The Hall–Kier alpha value is -0.280. The van der Waals surface area contributed by atoms with Gasteiger partial charge in [-0.2, -0.15) is 0 Å². The van der Waals surface area contributed by atoms with E-state index in [0.29, 0.717) is 0 Å². The molecule has 0 aromatic heterocycles. The van der Waals surface area contributed by atoms with Crippen molar-refractivity contribution < 1.29 is 9.53 Å². The quantitative estimate of drug-likeness (QED) is 0.748. The van der Waals surface area contributed by atoms with Crippen LogP contribution in [0.4, 0.5) is 0 Å². The highest BCUT2D eigenvalue weighted by atomic mass is 35.5. The van der Waals surface area contributed by atoms with Gasteiger partial charge in [0.1, 0.15) is 0 Å². The number of rotatable bonds is 1. The third-order valence-electron chi connectivity index (χ3n) is 5.25. The van der Waals surface area contributed by atoms with E-state index in [1.165, 1.54) is 13.5 Å². The zero-order valence-corrected chi connectivity index (χ0v) is 12.4. The van der Waals surface area contributed by atoms with Crippen molar-refractivity contribution in [2.75, 3.05) is 7.11 Å². The van der Waals surface area contributed by atoms with Crippen molar-refractivity contribution in [3.05, 3.63) is 0 Å². The molecule has 18 heavy (non-hydrogen) atoms. The van der Waals surface area contributed by atoms with Crippen LogP contribution in [0.5, 0.6) is 0 Å². The molecule has 0 aliphatic heterocycles. The van der Waals surface area contributed by atoms with Crippen molar-refractivity contribution in [2.24, 2.45) is 22.0 Å². The summed E-state index contributed by atoms with van der Waals surface area (Å²) in [6.45, 7) is 4.62. The molecule has 4 heteroatoms. The fourth-order valence-corrected chi connectivity index (χ4v) is 6.22. The molecule has 4 saturated carbocycles. The Labute approximate surface area is 115 Å². The summed E-state index contributed by atoms with van der Waals surface area (Å²) in [7, 11) is 1.51. The molecular weight excluding hydrogens is 250 g/mol. The summed E-state index contributed by atoms with van der Waals surface area (Å²) in [6.07, 6.45) is 6.15. The van der Waals surface area contributed by atoms with Crippen LogP contribution in [-0.4, -0.2) is 18.6 Å². The molecule has 0 amide bonds. The minimum Gasteiger partial charge on any atom is -0.469 e. The van der Waals surface area contributed by atoms with Crippen molar-refractivity contribution in [1.82, 2.24) is 0 Å². The smallest absolute Gasteiger partial charge is 0.311 e. The Balaban J connectivity index is 0.00000120. The minimum atomic E-state index is -0.290. The van der Waals surface area contributed by atoms with Crippen LogP contribution in [0.25, 0.3) is 0 Å². The summed E-state index contributed by atoms with van der Waals surface area (Å²) in [6, 6.07) is 0. The second-order valence-corrected chi connectivity index (χ2v) is 7.82. The van der Waals surface area contributed by atoms with Crippen LogP contribution >= 0.6 is 12.4 Å². The van der Waals surface area contributed by atoms with Crippen molar-refractivity contribution in [2.45, 2.75) is 57.9 Å². The average molecular weight is 274 g/mol. The monoisotopic (exact) mass is 273 g/mol. The molecule has 0 saturated heterocycles. The lowest BCUT2D eigenvalue weighted by Crippen LogP contribution is -2.67. The SMILES string of the molecule is COC(=O)C12CC3(C)CC(C)(CC(N)(C3)C1)C2.Cl. The first-order valence-corrected chi connectivity index (χ1v) is 6.60. The predicted molar refractivity (Wildman–Crippen MR) is 72.5 cm³/mol. The Morgan fingerprint density at radius 1 is 1.00 bits per heavy atom. The van der Waals surface area contributed by atoms with Crippen LogP contribution in [0.3, 0.4) is 0 Å². The van der Waals surface area contributed by atoms with Crippen molar-refractivity contribution in [3.63, 3.8) is 0 Å². The van der Waals surface area contributed by atoms with E-state index in [4.69, 9.17) is 10.5 Å². The summed E-state index contributed by atoms with van der Waals surface area (Å²) in [5.74, 6) is -0.0242. The van der Waals surface area contributed by atoms with E-state index in [9.17, 15) is 4.79 Å². The largest absolute Gasteiger partial charge is 0.469 e. The molecule has 4 rings (SSSR count). The highest BCUT2D eigenvalue weighted by Crippen LogP contribution is 2.70. The number of hydrogen-bond donors (Lipinski definition) is 1. The lowest BCUT2D eigenvalue weighted by molar-refractivity contribution is -0.192. The summed E-state index contributed by atoms with van der Waals surface area (Å²) in [5, 5.41) is 0. The molecule has 4 aliphatic carbocycles. The Kier molecular flexibility index (Phi) is 2.85. The number of carbonyl (C=O) groups excluding carboxylic acids is 1. The first kappa shape index (κ1) is 14.1. The van der Waals surface area contributed by atoms with Gasteiger partial charge in [0.05, 0.1) is 12.5 Å². The number of esters is 1. The average Bonchev–Trinajstić information content (AvgIpc) is 2.08. The molecule has 104 valence electrons. The van der Waals surface area contributed by atoms with E-state index in [1.807, 2.05) is 0 Å². The van der Waals surface area contributed by atoms with Gasteiger partial charge in [-0.05, 0) is 49.4 Å². The molecule has 4 fully saturated rings. The highest BCUT2D eigenvalue weighted by molar-refractivity contribution is 5.85. The van der Waals surface area contributed by atoms with Gasteiger partial charge in [-0.1, -0.05) is 13.8 Å². The van der Waals surface area contributed by atoms with Gasteiger partial charge < -0.3 is 10.5 Å². The molecule has 2 N–H and O–H groups in total. The van der Waals surface area contributed by atoms with E-state index < -0.39 is 0 Å². The summed E-state index contributed by atoms with van der Waals surface area (Å²) in [4.78, 5) is 12.2. The minimum absolute atomic E-state index is 0. The standard InChI is InChI=1S/C14H23NO2.ClH/c1-11-4-12(2)6-13(5-11,10(16)17-3)9-14(15,7-11)8-12;/h4-9,15H2,1-3H3;1H. The lowest BCUT2D eigenvalue weighted by Gasteiger charge is -2.67. The number of methoxy groups -OCH3 is 1. The van der Waals surface area contributed by atoms with E-state index in [2.05, 4.69) is 13.8 Å². The van der Waals surface area contributed by atoms with E-state index >= 15 is 0 Å². The number of carbonyl (C=O) groups is 1. The molecule has 0 aromatic rings. The number of hydrogen-bond acceptors (Lipinski definition) is 3. The van der Waals surface area contributed by atoms with Crippen LogP contribution in [0, 0.1) is 16.2 Å². The molecule has 0 heterocycles. The zero-order chi connectivity index (χ0) is 12.5. The summed E-state index contributed by atoms with van der Waals surface area (Å²) < 4.78 is 5.08. The second-order valence-electron chi connectivity index (χ2n) is 7.82. The van der Waals surface area contributed by atoms with E-state index in [0.717, 1.165) is 32.1 Å². The maximum atomic E-state index is 12.2. The molecule has 0 spiro atoms. The summed E-state index contributed by atoms with van der Waals surface area (Å²) in [5.41, 5.74) is 6.62. The number of halogens is 1. The van der Waals surface area contributed by atoms with Gasteiger partial charge >= 0.3 is 5.97 Å². The van der Waals surface area contributed by atoms with Gasteiger partial charge in [-0.25, -0.2) is 0 Å². The first-order valence-electron chi connectivity index (χ1n) is 6.60. The number of nitrogens with two attached hydrogens (primary N) is 1. The molecular formula is C14H24ClNO2. The number of ether oxygens (including phenoxy) is 1. The van der Waals surface area contributed by atoms with Gasteiger partial charge in [0, 0.05) is 5.54 Å². The summed E-state index contributed by atoms with van der Waals surface area (Å²) >= 11 is 0. The Morgan fingerprint density at radius 3 is 1.89 bits per heavy atom. The van der Waals surface area contributed by atoms with Crippen LogP contribution in [-0.2, 0) is 9.53 Å². The second kappa shape index (κ2) is 3.63. The van der Waals surface area contributed by atoms with Crippen LogP contribution in [0.1, 0.15) is 52.4 Å². The van der Waals surface area contributed by atoms with Crippen molar-refractivity contribution >= 4 is 18.4 Å². The third-order valence-corrected chi connectivity index (χ3v) is 5.25. The fourth-order valence-electron chi connectivity index (χ4n) is 6.22. The van der Waals surface area contributed by atoms with Gasteiger partial charge in [-0.15, -0.1) is 12.4 Å². The van der Waals surface area contributed by atoms with Gasteiger partial charge in [0.2, 0.25) is 0 Å². The molecule has 2 atom stereocenters. The zero-order valence-electron chi connectivity index (χ0n) is 11.5. The molecule has 0 radical (unpaired) electrons. The Bertz CT molecular complexity index is 342. The Morgan fingerprint density at radius 2 is 1.50 bits per heavy atom. The van der Waals surface area contributed by atoms with E-state index in [-0.39, 0.29) is 40.2 Å². The molecule has 0 aromatic carbocycles. The van der Waals surface area contributed by atoms with E-state index in [1.54, 1.807) is 0 Å². The fraction of sp³-hybridized carbons (Fsp3) is 0.929. The van der Waals surface area contributed by atoms with Gasteiger partial charge in [0.25, 0.3) is 0 Å². The van der Waals surface area contributed by atoms with Crippen LogP contribution in [0.15, 0.2) is 0 Å². The maximum absolute atomic E-state index is 12.2. The predicted octanol–water partition coefficient (Wildman–Crippen LogP) is 2.66. The van der Waals surface area contributed by atoms with Crippen LogP contribution < -0.4 is 5.73 Å². The maximum Gasteiger partial charge on any atom is 0.311 e. The van der Waals surface area contributed by atoms with Gasteiger partial charge in [0.15, 0.2) is 0 Å². The lowest BCUT2D eigenvalue weighted by atomic mass is 9.38. The molecule has 4 aliphatic rings. The topological polar surface area (TPSA) is 52.3 Å². The van der Waals surface area contributed by atoms with Crippen LogP contribution in [0.2, 0.25) is 0 Å². The highest BCUT2D eigenvalue weighted by Gasteiger charge is 2.67. The molecule has 4 bridgehead atoms. The van der Waals surface area contributed by atoms with Crippen molar-refractivity contribution in [3.8, 4) is 0 Å². The molecule has 2 unspecified atom stereocenters. The van der Waals surface area contributed by atoms with Crippen molar-refractivity contribution in [1.29, 1.82) is 0 Å². The molecule has 3 nitrogen and oxygen atoms in total. The third kappa shape index (κ3) is 1.78. The van der Waals surface area contributed by atoms with Gasteiger partial charge in [-0.3, -0.25) is 4.79 Å².